The number of halogens is 1. The molecule has 0 heterocycles. The maximum absolute atomic E-state index is 12.1. The minimum absolute atomic E-state index is 0.186. The molecule has 19 heavy (non-hydrogen) atoms. The predicted molar refractivity (Wildman–Crippen MR) is 78.4 cm³/mol. The first-order valence-corrected chi connectivity index (χ1v) is 6.12. The Kier molecular flexibility index (Phi) is 4.04. The van der Waals surface area contributed by atoms with E-state index in [1.54, 1.807) is 36.4 Å². The molecule has 0 aliphatic heterocycles. The molecule has 0 atom stereocenters. The zero-order valence-electron chi connectivity index (χ0n) is 10.4. The third-order valence-corrected chi connectivity index (χ3v) is 3.00. The molecule has 1 amide bonds. The molecule has 0 aliphatic carbocycles. The summed E-state index contributed by atoms with van der Waals surface area (Å²) in [5, 5.41) is 3.42. The Hall–Kier alpha value is -2.04. The number of hydrogen-bond acceptors (Lipinski definition) is 3. The van der Waals surface area contributed by atoms with Crippen LogP contribution in [0.5, 0.6) is 0 Å². The van der Waals surface area contributed by atoms with Crippen LogP contribution < -0.4 is 16.6 Å². The third kappa shape index (κ3) is 3.24. The second-order valence-electron chi connectivity index (χ2n) is 4.14. The second kappa shape index (κ2) is 5.73. The maximum atomic E-state index is 12.1. The van der Waals surface area contributed by atoms with Crippen LogP contribution in [0.2, 0.25) is 5.02 Å². The minimum atomic E-state index is -0.186. The number of hydrazine groups is 1. The fourth-order valence-electron chi connectivity index (χ4n) is 1.64. The number of aryl methyl sites for hydroxylation is 1. The summed E-state index contributed by atoms with van der Waals surface area (Å²) < 4.78 is 0. The molecule has 0 fully saturated rings. The van der Waals surface area contributed by atoms with Crippen molar-refractivity contribution < 1.29 is 4.79 Å². The van der Waals surface area contributed by atoms with Crippen LogP contribution in [-0.2, 0) is 0 Å². The highest BCUT2D eigenvalue weighted by Crippen LogP contribution is 2.21. The van der Waals surface area contributed by atoms with E-state index >= 15 is 0 Å². The summed E-state index contributed by atoms with van der Waals surface area (Å²) in [5.74, 6) is 5.08. The van der Waals surface area contributed by atoms with Crippen LogP contribution in [0.15, 0.2) is 42.5 Å². The van der Waals surface area contributed by atoms with Gasteiger partial charge in [-0.2, -0.15) is 0 Å². The van der Waals surface area contributed by atoms with E-state index in [0.29, 0.717) is 16.3 Å². The largest absolute Gasteiger partial charge is 0.324 e. The van der Waals surface area contributed by atoms with Gasteiger partial charge in [-0.3, -0.25) is 10.6 Å². The Morgan fingerprint density at radius 2 is 1.84 bits per heavy atom. The summed E-state index contributed by atoms with van der Waals surface area (Å²) in [5.41, 5.74) is 5.47. The van der Waals surface area contributed by atoms with Gasteiger partial charge in [-0.1, -0.05) is 17.7 Å². The molecule has 0 spiro atoms. The zero-order valence-corrected chi connectivity index (χ0v) is 11.2. The SMILES string of the molecule is Cc1ccc(Cl)cc1NC(=O)c1ccc(NN)cc1. The van der Waals surface area contributed by atoms with Gasteiger partial charge in [-0.15, -0.1) is 0 Å². The molecule has 98 valence electrons. The van der Waals surface area contributed by atoms with Crippen LogP contribution in [0.1, 0.15) is 15.9 Å². The van der Waals surface area contributed by atoms with Crippen molar-refractivity contribution in [2.75, 3.05) is 10.7 Å². The van der Waals surface area contributed by atoms with Crippen molar-refractivity contribution in [1.82, 2.24) is 0 Å². The van der Waals surface area contributed by atoms with Crippen LogP contribution >= 0.6 is 11.6 Å². The Morgan fingerprint density at radius 3 is 2.47 bits per heavy atom. The fourth-order valence-corrected chi connectivity index (χ4v) is 1.81. The Bertz CT molecular complexity index is 596. The highest BCUT2D eigenvalue weighted by atomic mass is 35.5. The molecule has 0 saturated carbocycles. The number of carbonyl (C=O) groups excluding carboxylic acids is 1. The van der Waals surface area contributed by atoms with Crippen molar-refractivity contribution in [1.29, 1.82) is 0 Å². The monoisotopic (exact) mass is 275 g/mol. The Morgan fingerprint density at radius 1 is 1.16 bits per heavy atom. The predicted octanol–water partition coefficient (Wildman–Crippen LogP) is 3.19. The zero-order chi connectivity index (χ0) is 13.8. The summed E-state index contributed by atoms with van der Waals surface area (Å²) in [6.07, 6.45) is 0. The first-order valence-electron chi connectivity index (χ1n) is 5.74. The van der Waals surface area contributed by atoms with Crippen LogP contribution in [0.25, 0.3) is 0 Å². The van der Waals surface area contributed by atoms with Crippen LogP contribution in [-0.4, -0.2) is 5.91 Å². The molecule has 0 radical (unpaired) electrons. The molecule has 4 nitrogen and oxygen atoms in total. The van der Waals surface area contributed by atoms with Crippen LogP contribution in [0, 0.1) is 6.92 Å². The Balaban J connectivity index is 2.18. The number of nitrogen functional groups attached to an aromatic ring is 1. The first-order chi connectivity index (χ1) is 9.10. The molecular weight excluding hydrogens is 262 g/mol. The van der Waals surface area contributed by atoms with Crippen molar-refractivity contribution in [3.63, 3.8) is 0 Å². The van der Waals surface area contributed by atoms with Crippen molar-refractivity contribution in [2.45, 2.75) is 6.92 Å². The fraction of sp³-hybridized carbons (Fsp3) is 0.0714. The van der Waals surface area contributed by atoms with E-state index in [4.69, 9.17) is 17.4 Å². The van der Waals surface area contributed by atoms with Gasteiger partial charge in [0.2, 0.25) is 0 Å². The van der Waals surface area contributed by atoms with Gasteiger partial charge < -0.3 is 10.7 Å². The molecule has 2 aromatic carbocycles. The lowest BCUT2D eigenvalue weighted by Crippen LogP contribution is -2.13. The topological polar surface area (TPSA) is 67.2 Å². The summed E-state index contributed by atoms with van der Waals surface area (Å²) >= 11 is 5.91. The highest BCUT2D eigenvalue weighted by Gasteiger charge is 2.08. The molecule has 0 aromatic heterocycles. The van der Waals surface area contributed by atoms with E-state index in [9.17, 15) is 4.79 Å². The van der Waals surface area contributed by atoms with Gasteiger partial charge in [0, 0.05) is 22.0 Å². The number of carbonyl (C=O) groups is 1. The number of amides is 1. The van der Waals surface area contributed by atoms with Gasteiger partial charge >= 0.3 is 0 Å². The molecule has 0 bridgehead atoms. The summed E-state index contributed by atoms with van der Waals surface area (Å²) in [7, 11) is 0. The normalized spacial score (nSPS) is 10.1. The van der Waals surface area contributed by atoms with Gasteiger partial charge in [0.25, 0.3) is 5.91 Å². The van der Waals surface area contributed by atoms with Gasteiger partial charge in [0.15, 0.2) is 0 Å². The van der Waals surface area contributed by atoms with Crippen LogP contribution in [0.3, 0.4) is 0 Å². The summed E-state index contributed by atoms with van der Waals surface area (Å²) in [6.45, 7) is 1.91. The molecule has 5 heteroatoms. The molecule has 2 rings (SSSR count). The number of nitrogens with two attached hydrogens (primary N) is 1. The lowest BCUT2D eigenvalue weighted by molar-refractivity contribution is 0.102. The molecule has 0 aliphatic rings. The summed E-state index contributed by atoms with van der Waals surface area (Å²) in [4.78, 5) is 12.1. The average molecular weight is 276 g/mol. The smallest absolute Gasteiger partial charge is 0.255 e. The lowest BCUT2D eigenvalue weighted by atomic mass is 10.1. The molecular formula is C14H14ClN3O. The molecule has 0 unspecified atom stereocenters. The van der Waals surface area contributed by atoms with E-state index in [1.807, 2.05) is 13.0 Å². The van der Waals surface area contributed by atoms with Crippen molar-refractivity contribution in [2.24, 2.45) is 5.84 Å². The van der Waals surface area contributed by atoms with Crippen molar-refractivity contribution >= 4 is 28.9 Å². The third-order valence-electron chi connectivity index (χ3n) is 2.76. The second-order valence-corrected chi connectivity index (χ2v) is 4.57. The molecule has 0 saturated heterocycles. The number of nitrogens with one attached hydrogen (secondary N) is 2. The van der Waals surface area contributed by atoms with Crippen molar-refractivity contribution in [3.05, 3.63) is 58.6 Å². The standard InChI is InChI=1S/C14H14ClN3O/c1-9-2-5-11(15)8-13(9)17-14(19)10-3-6-12(18-16)7-4-10/h2-8,18H,16H2,1H3,(H,17,19). The molecule has 4 N–H and O–H groups in total. The molecule has 2 aromatic rings. The number of hydrogen-bond donors (Lipinski definition) is 3. The number of rotatable bonds is 3. The Labute approximate surface area is 116 Å². The quantitative estimate of drug-likeness (QED) is 0.595. The van der Waals surface area contributed by atoms with E-state index in [-0.39, 0.29) is 5.91 Å². The minimum Gasteiger partial charge on any atom is -0.324 e. The summed E-state index contributed by atoms with van der Waals surface area (Å²) in [6, 6.07) is 12.2. The van der Waals surface area contributed by atoms with Gasteiger partial charge in [0.1, 0.15) is 0 Å². The number of benzene rings is 2. The van der Waals surface area contributed by atoms with Crippen molar-refractivity contribution in [3.8, 4) is 0 Å². The van der Waals surface area contributed by atoms with E-state index in [1.165, 1.54) is 0 Å². The highest BCUT2D eigenvalue weighted by molar-refractivity contribution is 6.31. The van der Waals surface area contributed by atoms with Gasteiger partial charge in [-0.05, 0) is 48.9 Å². The van der Waals surface area contributed by atoms with E-state index in [0.717, 1.165) is 11.3 Å². The number of anilines is 2. The first kappa shape index (κ1) is 13.4. The van der Waals surface area contributed by atoms with Gasteiger partial charge in [-0.25, -0.2) is 0 Å². The van der Waals surface area contributed by atoms with E-state index < -0.39 is 0 Å². The van der Waals surface area contributed by atoms with E-state index in [2.05, 4.69) is 10.7 Å². The lowest BCUT2D eigenvalue weighted by Gasteiger charge is -2.09. The van der Waals surface area contributed by atoms with Gasteiger partial charge in [0.05, 0.1) is 0 Å². The maximum Gasteiger partial charge on any atom is 0.255 e. The van der Waals surface area contributed by atoms with Crippen LogP contribution in [0.4, 0.5) is 11.4 Å². The average Bonchev–Trinajstić information content (AvgIpc) is 2.43.